The van der Waals surface area contributed by atoms with Gasteiger partial charge in [-0.05, 0) is 43.4 Å². The highest BCUT2D eigenvalue weighted by Gasteiger charge is 2.13. The fourth-order valence-electron chi connectivity index (χ4n) is 2.20. The monoisotopic (exact) mass is 269 g/mol. The molecule has 0 saturated carbocycles. The van der Waals surface area contributed by atoms with Crippen LogP contribution in [0, 0.1) is 5.92 Å². The number of aliphatic hydroxyl groups is 1. The molecule has 1 aromatic carbocycles. The van der Waals surface area contributed by atoms with Crippen molar-refractivity contribution >= 4 is 11.6 Å². The Balaban J connectivity index is 2.44. The van der Waals surface area contributed by atoms with Crippen LogP contribution in [0.4, 0.5) is 0 Å². The van der Waals surface area contributed by atoms with Crippen molar-refractivity contribution in [3.05, 3.63) is 34.9 Å². The summed E-state index contributed by atoms with van der Waals surface area (Å²) in [6, 6.07) is 8.48. The van der Waals surface area contributed by atoms with E-state index in [1.807, 2.05) is 12.1 Å². The Morgan fingerprint density at radius 1 is 1.17 bits per heavy atom. The molecule has 2 atom stereocenters. The molecule has 0 aliphatic rings. The minimum Gasteiger partial charge on any atom is -0.395 e. The second-order valence-electron chi connectivity index (χ2n) is 5.41. The average molecular weight is 270 g/mol. The average Bonchev–Trinajstić information content (AvgIpc) is 2.30. The van der Waals surface area contributed by atoms with E-state index < -0.39 is 0 Å². The van der Waals surface area contributed by atoms with Crippen LogP contribution in [0.3, 0.4) is 0 Å². The second-order valence-corrected chi connectivity index (χ2v) is 5.84. The van der Waals surface area contributed by atoms with Crippen LogP contribution in [-0.4, -0.2) is 23.8 Å². The van der Waals surface area contributed by atoms with Crippen LogP contribution < -0.4 is 5.32 Å². The lowest BCUT2D eigenvalue weighted by Crippen LogP contribution is -2.40. The van der Waals surface area contributed by atoms with Crippen molar-refractivity contribution in [3.63, 3.8) is 0 Å². The molecule has 0 saturated heterocycles. The van der Waals surface area contributed by atoms with E-state index in [4.69, 9.17) is 11.6 Å². The Bertz CT molecular complexity index is 337. The predicted octanol–water partition coefficient (Wildman–Crippen LogP) is 3.27. The summed E-state index contributed by atoms with van der Waals surface area (Å²) in [6.45, 7) is 6.70. The Morgan fingerprint density at radius 3 is 2.28 bits per heavy atom. The molecule has 0 bridgehead atoms. The van der Waals surface area contributed by atoms with Gasteiger partial charge in [0.1, 0.15) is 0 Å². The molecular weight excluding hydrogens is 246 g/mol. The summed E-state index contributed by atoms with van der Waals surface area (Å²) in [5, 5.41) is 13.6. The Hall–Kier alpha value is -0.570. The van der Waals surface area contributed by atoms with Crippen LogP contribution in [0.25, 0.3) is 0 Å². The smallest absolute Gasteiger partial charge is 0.0584 e. The van der Waals surface area contributed by atoms with Gasteiger partial charge in [0.25, 0.3) is 0 Å². The molecular formula is C15H24ClNO. The predicted molar refractivity (Wildman–Crippen MR) is 78.1 cm³/mol. The standard InChI is InChI=1S/C15H24ClNO/c1-11(2)8-15(10-18)17-12(3)9-13-4-6-14(16)7-5-13/h4-7,11-12,15,17-18H,8-10H2,1-3H3. The topological polar surface area (TPSA) is 32.3 Å². The van der Waals surface area contributed by atoms with E-state index in [0.29, 0.717) is 12.0 Å². The lowest BCUT2D eigenvalue weighted by molar-refractivity contribution is 0.214. The number of hydrogen-bond acceptors (Lipinski definition) is 2. The first-order chi connectivity index (χ1) is 8.51. The Kier molecular flexibility index (Phi) is 6.69. The third-order valence-corrected chi connectivity index (χ3v) is 3.20. The number of aliphatic hydroxyl groups excluding tert-OH is 1. The zero-order chi connectivity index (χ0) is 13.5. The van der Waals surface area contributed by atoms with E-state index in [1.165, 1.54) is 5.56 Å². The molecule has 0 aromatic heterocycles. The Morgan fingerprint density at radius 2 is 1.78 bits per heavy atom. The van der Waals surface area contributed by atoms with Crippen LogP contribution >= 0.6 is 11.6 Å². The van der Waals surface area contributed by atoms with Gasteiger partial charge >= 0.3 is 0 Å². The number of hydrogen-bond donors (Lipinski definition) is 2. The normalized spacial score (nSPS) is 14.8. The maximum Gasteiger partial charge on any atom is 0.0584 e. The van der Waals surface area contributed by atoms with Crippen LogP contribution in [0.5, 0.6) is 0 Å². The van der Waals surface area contributed by atoms with Crippen LogP contribution in [0.15, 0.2) is 24.3 Å². The van der Waals surface area contributed by atoms with Crippen molar-refractivity contribution in [2.75, 3.05) is 6.61 Å². The van der Waals surface area contributed by atoms with Crippen LogP contribution in [-0.2, 0) is 6.42 Å². The van der Waals surface area contributed by atoms with Gasteiger partial charge in [-0.3, -0.25) is 0 Å². The third kappa shape index (κ3) is 5.85. The van der Waals surface area contributed by atoms with Gasteiger partial charge in [0.15, 0.2) is 0 Å². The largest absolute Gasteiger partial charge is 0.395 e. The highest BCUT2D eigenvalue weighted by atomic mass is 35.5. The molecule has 1 rings (SSSR count). The van der Waals surface area contributed by atoms with E-state index in [0.717, 1.165) is 17.9 Å². The van der Waals surface area contributed by atoms with Gasteiger partial charge in [-0.25, -0.2) is 0 Å². The van der Waals surface area contributed by atoms with Crippen LogP contribution in [0.2, 0.25) is 5.02 Å². The molecule has 0 amide bonds. The minimum absolute atomic E-state index is 0.187. The lowest BCUT2D eigenvalue weighted by atomic mass is 10.0. The van der Waals surface area contributed by atoms with Gasteiger partial charge in [-0.2, -0.15) is 0 Å². The molecule has 18 heavy (non-hydrogen) atoms. The summed E-state index contributed by atoms with van der Waals surface area (Å²) < 4.78 is 0. The summed E-state index contributed by atoms with van der Waals surface area (Å²) in [6.07, 6.45) is 1.95. The van der Waals surface area contributed by atoms with Gasteiger partial charge in [0, 0.05) is 17.1 Å². The molecule has 3 heteroatoms. The summed E-state index contributed by atoms with van der Waals surface area (Å²) >= 11 is 5.86. The number of halogens is 1. The summed E-state index contributed by atoms with van der Waals surface area (Å²) in [4.78, 5) is 0. The van der Waals surface area contributed by atoms with Gasteiger partial charge in [0.05, 0.1) is 6.61 Å². The summed E-state index contributed by atoms with van der Waals surface area (Å²) in [7, 11) is 0. The second kappa shape index (κ2) is 7.78. The van der Waals surface area contributed by atoms with Crippen molar-refractivity contribution in [1.82, 2.24) is 5.32 Å². The van der Waals surface area contributed by atoms with E-state index in [9.17, 15) is 5.11 Å². The third-order valence-electron chi connectivity index (χ3n) is 2.95. The quantitative estimate of drug-likeness (QED) is 0.796. The number of nitrogens with one attached hydrogen (secondary N) is 1. The lowest BCUT2D eigenvalue weighted by Gasteiger charge is -2.23. The number of benzene rings is 1. The fraction of sp³-hybridized carbons (Fsp3) is 0.600. The maximum absolute atomic E-state index is 9.35. The van der Waals surface area contributed by atoms with Crippen molar-refractivity contribution in [3.8, 4) is 0 Å². The van der Waals surface area contributed by atoms with E-state index in [1.54, 1.807) is 0 Å². The first-order valence-electron chi connectivity index (χ1n) is 6.62. The highest BCUT2D eigenvalue weighted by molar-refractivity contribution is 6.30. The zero-order valence-electron chi connectivity index (χ0n) is 11.5. The fourth-order valence-corrected chi connectivity index (χ4v) is 2.33. The molecule has 102 valence electrons. The SMILES string of the molecule is CC(C)CC(CO)NC(C)Cc1ccc(Cl)cc1. The molecule has 0 radical (unpaired) electrons. The van der Waals surface area contributed by atoms with Crippen LogP contribution in [0.1, 0.15) is 32.8 Å². The summed E-state index contributed by atoms with van der Waals surface area (Å²) in [5.74, 6) is 0.595. The van der Waals surface area contributed by atoms with E-state index in [2.05, 4.69) is 38.2 Å². The van der Waals surface area contributed by atoms with Crippen molar-refractivity contribution in [1.29, 1.82) is 0 Å². The molecule has 2 N–H and O–H groups in total. The minimum atomic E-state index is 0.187. The van der Waals surface area contributed by atoms with Gasteiger partial charge in [-0.1, -0.05) is 37.6 Å². The highest BCUT2D eigenvalue weighted by Crippen LogP contribution is 2.12. The number of rotatable bonds is 7. The maximum atomic E-state index is 9.35. The van der Waals surface area contributed by atoms with Gasteiger partial charge in [0.2, 0.25) is 0 Å². The Labute approximate surface area is 115 Å². The van der Waals surface area contributed by atoms with Crippen molar-refractivity contribution < 1.29 is 5.11 Å². The van der Waals surface area contributed by atoms with Crippen molar-refractivity contribution in [2.24, 2.45) is 5.92 Å². The first kappa shape index (κ1) is 15.5. The first-order valence-corrected chi connectivity index (χ1v) is 7.00. The molecule has 0 aliphatic heterocycles. The molecule has 0 fully saturated rings. The van der Waals surface area contributed by atoms with Crippen molar-refractivity contribution in [2.45, 2.75) is 45.7 Å². The summed E-state index contributed by atoms with van der Waals surface area (Å²) in [5.41, 5.74) is 1.26. The molecule has 0 spiro atoms. The molecule has 2 nitrogen and oxygen atoms in total. The zero-order valence-corrected chi connectivity index (χ0v) is 12.2. The molecule has 0 heterocycles. The molecule has 0 aliphatic carbocycles. The molecule has 2 unspecified atom stereocenters. The van der Waals surface area contributed by atoms with Gasteiger partial charge < -0.3 is 10.4 Å². The molecule has 1 aromatic rings. The van der Waals surface area contributed by atoms with E-state index in [-0.39, 0.29) is 12.6 Å². The van der Waals surface area contributed by atoms with Gasteiger partial charge in [-0.15, -0.1) is 0 Å². The van der Waals surface area contributed by atoms with E-state index >= 15 is 0 Å².